The molecule has 26 heavy (non-hydrogen) atoms. The monoisotopic (exact) mass is 374 g/mol. The number of hydrogen-bond donors (Lipinski definition) is 0. The lowest BCUT2D eigenvalue weighted by atomic mass is 10.0. The third-order valence-corrected chi connectivity index (χ3v) is 5.81. The molecule has 0 bridgehead atoms. The van der Waals surface area contributed by atoms with Crippen LogP contribution in [0.2, 0.25) is 0 Å². The molecule has 2 aliphatic heterocycles. The van der Waals surface area contributed by atoms with Gasteiger partial charge in [-0.25, -0.2) is 9.97 Å². The van der Waals surface area contributed by atoms with Crippen molar-refractivity contribution in [2.75, 3.05) is 56.2 Å². The number of piperidine rings is 1. The lowest BCUT2D eigenvalue weighted by Gasteiger charge is -2.37. The summed E-state index contributed by atoms with van der Waals surface area (Å²) in [6.45, 7) is 6.42. The van der Waals surface area contributed by atoms with Crippen molar-refractivity contribution < 1.29 is 4.74 Å². The number of likely N-dealkylation sites (N-methyl/N-ethyl adjacent to an activating group) is 1. The van der Waals surface area contributed by atoms with Gasteiger partial charge in [-0.15, -0.1) is 11.3 Å². The third kappa shape index (κ3) is 4.13. The highest BCUT2D eigenvalue weighted by atomic mass is 32.1. The van der Waals surface area contributed by atoms with Crippen LogP contribution < -0.4 is 9.80 Å². The summed E-state index contributed by atoms with van der Waals surface area (Å²) in [6, 6.07) is 2.43. The number of ether oxygens (including phenoxy) is 1. The Labute approximate surface area is 158 Å². The van der Waals surface area contributed by atoms with E-state index in [2.05, 4.69) is 37.1 Å². The van der Waals surface area contributed by atoms with Crippen molar-refractivity contribution in [1.82, 2.24) is 19.9 Å². The molecule has 2 aromatic rings. The second-order valence-corrected chi connectivity index (χ2v) is 7.65. The summed E-state index contributed by atoms with van der Waals surface area (Å²) >= 11 is 1.67. The minimum absolute atomic E-state index is 0.433. The number of thiazole rings is 1. The molecule has 0 saturated carbocycles. The average Bonchev–Trinajstić information content (AvgIpc) is 3.21. The molecular weight excluding hydrogens is 348 g/mol. The zero-order valence-corrected chi connectivity index (χ0v) is 16.1. The molecule has 0 aliphatic carbocycles. The third-order valence-electron chi connectivity index (χ3n) is 5.18. The number of likely N-dealkylation sites (tertiary alicyclic amines) is 1. The van der Waals surface area contributed by atoms with Gasteiger partial charge in [-0.05, 0) is 25.5 Å². The molecular formula is C18H26N6OS. The minimum atomic E-state index is 0.433. The zero-order valence-electron chi connectivity index (χ0n) is 15.3. The molecule has 0 spiro atoms. The van der Waals surface area contributed by atoms with E-state index in [0.29, 0.717) is 6.04 Å². The van der Waals surface area contributed by atoms with Crippen LogP contribution in [-0.4, -0.2) is 72.3 Å². The Bertz CT molecular complexity index is 691. The quantitative estimate of drug-likeness (QED) is 0.792. The van der Waals surface area contributed by atoms with Gasteiger partial charge in [0.25, 0.3) is 0 Å². The molecule has 1 atom stereocenters. The second-order valence-electron chi connectivity index (χ2n) is 6.94. The molecule has 0 aromatic carbocycles. The normalized spacial score (nSPS) is 21.7. The molecule has 8 heteroatoms. The number of morpholine rings is 1. The van der Waals surface area contributed by atoms with Crippen LogP contribution in [0.5, 0.6) is 0 Å². The fourth-order valence-corrected chi connectivity index (χ4v) is 4.23. The first-order chi connectivity index (χ1) is 12.8. The van der Waals surface area contributed by atoms with E-state index < -0.39 is 0 Å². The summed E-state index contributed by atoms with van der Waals surface area (Å²) in [5, 5.41) is 2.14. The molecule has 0 amide bonds. The number of hydrogen-bond acceptors (Lipinski definition) is 8. The van der Waals surface area contributed by atoms with E-state index in [1.165, 1.54) is 18.5 Å². The van der Waals surface area contributed by atoms with Gasteiger partial charge in [-0.1, -0.05) is 0 Å². The first kappa shape index (κ1) is 17.6. The summed E-state index contributed by atoms with van der Waals surface area (Å²) < 4.78 is 5.44. The number of rotatable bonds is 5. The van der Waals surface area contributed by atoms with E-state index in [1.54, 1.807) is 11.3 Å². The van der Waals surface area contributed by atoms with Crippen molar-refractivity contribution in [3.63, 3.8) is 0 Å². The first-order valence-corrected chi connectivity index (χ1v) is 10.2. The highest BCUT2D eigenvalue weighted by Crippen LogP contribution is 2.22. The van der Waals surface area contributed by atoms with Gasteiger partial charge in [0.05, 0.1) is 24.4 Å². The van der Waals surface area contributed by atoms with E-state index in [0.717, 1.165) is 57.7 Å². The SMILES string of the molecule is CN(c1nccc(N2CCOCC2)n1)C1CCCN(Cc2cscn2)C1. The molecule has 4 rings (SSSR count). The van der Waals surface area contributed by atoms with Crippen molar-refractivity contribution in [1.29, 1.82) is 0 Å². The molecule has 2 fully saturated rings. The van der Waals surface area contributed by atoms with Crippen LogP contribution in [0.3, 0.4) is 0 Å². The Morgan fingerprint density at radius 3 is 2.96 bits per heavy atom. The minimum Gasteiger partial charge on any atom is -0.378 e. The Morgan fingerprint density at radius 1 is 1.27 bits per heavy atom. The molecule has 1 unspecified atom stereocenters. The van der Waals surface area contributed by atoms with Crippen LogP contribution in [0.15, 0.2) is 23.2 Å². The molecule has 7 nitrogen and oxygen atoms in total. The van der Waals surface area contributed by atoms with E-state index in [1.807, 2.05) is 17.8 Å². The van der Waals surface area contributed by atoms with Crippen LogP contribution in [0.1, 0.15) is 18.5 Å². The summed E-state index contributed by atoms with van der Waals surface area (Å²) in [7, 11) is 2.12. The van der Waals surface area contributed by atoms with Crippen molar-refractivity contribution in [2.45, 2.75) is 25.4 Å². The largest absolute Gasteiger partial charge is 0.378 e. The van der Waals surface area contributed by atoms with Crippen molar-refractivity contribution in [3.8, 4) is 0 Å². The van der Waals surface area contributed by atoms with Crippen LogP contribution >= 0.6 is 11.3 Å². The van der Waals surface area contributed by atoms with Gasteiger partial charge in [0, 0.05) is 50.8 Å². The molecule has 4 heterocycles. The summed E-state index contributed by atoms with van der Waals surface area (Å²) in [4.78, 5) is 20.8. The van der Waals surface area contributed by atoms with E-state index >= 15 is 0 Å². The molecule has 2 aromatic heterocycles. The van der Waals surface area contributed by atoms with Crippen molar-refractivity contribution in [3.05, 3.63) is 28.8 Å². The van der Waals surface area contributed by atoms with Gasteiger partial charge in [-0.2, -0.15) is 4.98 Å². The maximum Gasteiger partial charge on any atom is 0.227 e. The lowest BCUT2D eigenvalue weighted by molar-refractivity contribution is 0.122. The molecule has 0 radical (unpaired) electrons. The average molecular weight is 375 g/mol. The van der Waals surface area contributed by atoms with Crippen LogP contribution in [0, 0.1) is 0 Å². The van der Waals surface area contributed by atoms with Crippen molar-refractivity contribution >= 4 is 23.1 Å². The maximum absolute atomic E-state index is 5.44. The number of nitrogens with zero attached hydrogens (tertiary/aromatic N) is 6. The van der Waals surface area contributed by atoms with Crippen LogP contribution in [0.25, 0.3) is 0 Å². The van der Waals surface area contributed by atoms with Gasteiger partial charge in [0.15, 0.2) is 0 Å². The molecule has 0 N–H and O–H groups in total. The number of aromatic nitrogens is 3. The zero-order chi connectivity index (χ0) is 17.8. The Kier molecular flexibility index (Phi) is 5.62. The fraction of sp³-hybridized carbons (Fsp3) is 0.611. The summed E-state index contributed by atoms with van der Waals surface area (Å²) in [5.74, 6) is 1.81. The second kappa shape index (κ2) is 8.28. The highest BCUT2D eigenvalue weighted by molar-refractivity contribution is 7.07. The summed E-state index contributed by atoms with van der Waals surface area (Å²) in [5.41, 5.74) is 3.08. The van der Waals surface area contributed by atoms with E-state index in [-0.39, 0.29) is 0 Å². The smallest absolute Gasteiger partial charge is 0.227 e. The van der Waals surface area contributed by atoms with Crippen LogP contribution in [0.4, 0.5) is 11.8 Å². The molecule has 140 valence electrons. The Morgan fingerprint density at radius 2 is 2.15 bits per heavy atom. The maximum atomic E-state index is 5.44. The van der Waals surface area contributed by atoms with E-state index in [9.17, 15) is 0 Å². The fourth-order valence-electron chi connectivity index (χ4n) is 3.68. The first-order valence-electron chi connectivity index (χ1n) is 9.27. The Balaban J connectivity index is 1.42. The molecule has 2 aliphatic rings. The summed E-state index contributed by atoms with van der Waals surface area (Å²) in [6.07, 6.45) is 4.25. The molecule has 2 saturated heterocycles. The predicted octanol–water partition coefficient (Wildman–Crippen LogP) is 1.87. The highest BCUT2D eigenvalue weighted by Gasteiger charge is 2.25. The lowest BCUT2D eigenvalue weighted by Crippen LogP contribution is -2.47. The predicted molar refractivity (Wildman–Crippen MR) is 104 cm³/mol. The Hall–Kier alpha value is -1.77. The van der Waals surface area contributed by atoms with Gasteiger partial charge in [0.1, 0.15) is 5.82 Å². The van der Waals surface area contributed by atoms with Crippen molar-refractivity contribution in [2.24, 2.45) is 0 Å². The number of anilines is 2. The standard InChI is InChI=1S/C18H26N6OS/c1-22(16-3-2-6-23(12-16)11-15-13-26-14-20-15)18-19-5-4-17(21-18)24-7-9-25-10-8-24/h4-5,13-14,16H,2-3,6-12H2,1H3. The van der Waals surface area contributed by atoms with E-state index in [4.69, 9.17) is 9.72 Å². The van der Waals surface area contributed by atoms with Gasteiger partial charge >= 0.3 is 0 Å². The topological polar surface area (TPSA) is 57.6 Å². The van der Waals surface area contributed by atoms with Gasteiger partial charge in [0.2, 0.25) is 5.95 Å². The van der Waals surface area contributed by atoms with Crippen LogP contribution in [-0.2, 0) is 11.3 Å². The van der Waals surface area contributed by atoms with Gasteiger partial charge < -0.3 is 14.5 Å². The van der Waals surface area contributed by atoms with Gasteiger partial charge in [-0.3, -0.25) is 4.90 Å².